The molecule has 0 aliphatic carbocycles. The molecule has 1 unspecified atom stereocenters. The highest BCUT2D eigenvalue weighted by atomic mass is 79.9. The average Bonchev–Trinajstić information content (AvgIpc) is 2.28. The predicted molar refractivity (Wildman–Crippen MR) is 71.6 cm³/mol. The Morgan fingerprint density at radius 2 is 1.94 bits per heavy atom. The van der Waals surface area contributed by atoms with Crippen molar-refractivity contribution in [2.24, 2.45) is 5.73 Å². The lowest BCUT2D eigenvalue weighted by Crippen LogP contribution is -2.12. The van der Waals surface area contributed by atoms with Crippen LogP contribution in [0, 0.1) is 5.82 Å². The molecule has 2 aromatic carbocycles. The summed E-state index contributed by atoms with van der Waals surface area (Å²) in [6, 6.07) is 11.3. The molecule has 2 rings (SSSR count). The third kappa shape index (κ3) is 2.86. The Balaban J connectivity index is 2.40. The monoisotopic (exact) mass is 313 g/mol. The van der Waals surface area contributed by atoms with Gasteiger partial charge in [-0.1, -0.05) is 45.7 Å². The minimum Gasteiger partial charge on any atom is -0.320 e. The molecule has 0 spiro atoms. The lowest BCUT2D eigenvalue weighted by molar-refractivity contribution is 0.623. The molecule has 0 aromatic heterocycles. The molecular formula is C13H10BrClFN. The molecule has 0 saturated heterocycles. The Morgan fingerprint density at radius 3 is 2.59 bits per heavy atom. The van der Waals surface area contributed by atoms with Crippen molar-refractivity contribution < 1.29 is 4.39 Å². The first-order valence-corrected chi connectivity index (χ1v) is 6.21. The fraction of sp³-hybridized carbons (Fsp3) is 0.0769. The second-order valence-corrected chi connectivity index (χ2v) is 5.02. The molecule has 1 atom stereocenters. The topological polar surface area (TPSA) is 26.0 Å². The first-order chi connectivity index (χ1) is 8.08. The minimum atomic E-state index is -0.425. The van der Waals surface area contributed by atoms with E-state index in [1.54, 1.807) is 18.2 Å². The molecule has 2 aromatic rings. The van der Waals surface area contributed by atoms with Gasteiger partial charge in [-0.15, -0.1) is 0 Å². The van der Waals surface area contributed by atoms with Crippen molar-refractivity contribution in [3.05, 3.63) is 68.9 Å². The van der Waals surface area contributed by atoms with Crippen molar-refractivity contribution in [2.75, 3.05) is 0 Å². The van der Waals surface area contributed by atoms with Crippen molar-refractivity contribution in [2.45, 2.75) is 6.04 Å². The maximum atomic E-state index is 13.1. The van der Waals surface area contributed by atoms with Crippen LogP contribution in [-0.2, 0) is 0 Å². The van der Waals surface area contributed by atoms with Crippen LogP contribution >= 0.6 is 27.5 Å². The number of halogens is 3. The average molecular weight is 315 g/mol. The van der Waals surface area contributed by atoms with Crippen LogP contribution in [0.25, 0.3) is 0 Å². The van der Waals surface area contributed by atoms with Crippen LogP contribution < -0.4 is 5.73 Å². The molecule has 0 radical (unpaired) electrons. The molecule has 0 aliphatic rings. The van der Waals surface area contributed by atoms with Gasteiger partial charge in [-0.2, -0.15) is 0 Å². The van der Waals surface area contributed by atoms with Crippen molar-refractivity contribution in [3.63, 3.8) is 0 Å². The van der Waals surface area contributed by atoms with Gasteiger partial charge in [0.15, 0.2) is 0 Å². The van der Waals surface area contributed by atoms with Crippen LogP contribution in [-0.4, -0.2) is 0 Å². The van der Waals surface area contributed by atoms with Crippen LogP contribution in [0.2, 0.25) is 5.02 Å². The first-order valence-electron chi connectivity index (χ1n) is 5.04. The van der Waals surface area contributed by atoms with E-state index < -0.39 is 6.04 Å². The molecule has 1 nitrogen and oxygen atoms in total. The van der Waals surface area contributed by atoms with Gasteiger partial charge in [0.25, 0.3) is 0 Å². The summed E-state index contributed by atoms with van der Waals surface area (Å²) >= 11 is 9.44. The molecule has 0 amide bonds. The lowest BCUT2D eigenvalue weighted by Gasteiger charge is -2.14. The van der Waals surface area contributed by atoms with Gasteiger partial charge >= 0.3 is 0 Å². The standard InChI is InChI=1S/C13H10BrClFN/c14-9-4-5-11(12(15)7-9)13(17)8-2-1-3-10(16)6-8/h1-7,13H,17H2. The van der Waals surface area contributed by atoms with E-state index in [4.69, 9.17) is 17.3 Å². The maximum Gasteiger partial charge on any atom is 0.123 e. The van der Waals surface area contributed by atoms with Gasteiger partial charge in [0, 0.05) is 9.50 Å². The van der Waals surface area contributed by atoms with E-state index in [1.165, 1.54) is 12.1 Å². The Bertz CT molecular complexity index is 545. The highest BCUT2D eigenvalue weighted by molar-refractivity contribution is 9.10. The van der Waals surface area contributed by atoms with Crippen LogP contribution in [0.3, 0.4) is 0 Å². The van der Waals surface area contributed by atoms with E-state index >= 15 is 0 Å². The van der Waals surface area contributed by atoms with E-state index in [9.17, 15) is 4.39 Å². The van der Waals surface area contributed by atoms with Gasteiger partial charge in [-0.05, 0) is 35.4 Å². The SMILES string of the molecule is NC(c1cccc(F)c1)c1ccc(Br)cc1Cl. The third-order valence-electron chi connectivity index (χ3n) is 2.51. The minimum absolute atomic E-state index is 0.300. The smallest absolute Gasteiger partial charge is 0.123 e. The summed E-state index contributed by atoms with van der Waals surface area (Å²) in [5, 5.41) is 0.566. The van der Waals surface area contributed by atoms with Crippen molar-refractivity contribution in [1.82, 2.24) is 0 Å². The zero-order valence-corrected chi connectivity index (χ0v) is 11.2. The van der Waals surface area contributed by atoms with Gasteiger partial charge in [-0.25, -0.2) is 4.39 Å². The van der Waals surface area contributed by atoms with Crippen LogP contribution in [0.4, 0.5) is 4.39 Å². The van der Waals surface area contributed by atoms with Crippen molar-refractivity contribution >= 4 is 27.5 Å². The van der Waals surface area contributed by atoms with Gasteiger partial charge in [0.05, 0.1) is 6.04 Å². The summed E-state index contributed by atoms with van der Waals surface area (Å²) in [5.74, 6) is -0.300. The first kappa shape index (κ1) is 12.6. The van der Waals surface area contributed by atoms with Gasteiger partial charge in [0.2, 0.25) is 0 Å². The zero-order valence-electron chi connectivity index (χ0n) is 8.83. The molecule has 88 valence electrons. The van der Waals surface area contributed by atoms with E-state index in [-0.39, 0.29) is 5.82 Å². The predicted octanol–water partition coefficient (Wildman–Crippen LogP) is 4.29. The van der Waals surface area contributed by atoms with Crippen LogP contribution in [0.1, 0.15) is 17.2 Å². The van der Waals surface area contributed by atoms with E-state index in [1.807, 2.05) is 12.1 Å². The maximum absolute atomic E-state index is 13.1. The zero-order chi connectivity index (χ0) is 12.4. The van der Waals surface area contributed by atoms with Gasteiger partial charge in [0.1, 0.15) is 5.82 Å². The fourth-order valence-corrected chi connectivity index (χ4v) is 2.42. The Hall–Kier alpha value is -0.900. The lowest BCUT2D eigenvalue weighted by atomic mass is 9.99. The van der Waals surface area contributed by atoms with E-state index in [0.717, 1.165) is 10.0 Å². The Kier molecular flexibility index (Phi) is 3.82. The molecule has 0 bridgehead atoms. The van der Waals surface area contributed by atoms with Crippen molar-refractivity contribution in [3.8, 4) is 0 Å². The molecule has 2 N–H and O–H groups in total. The fourth-order valence-electron chi connectivity index (χ4n) is 1.63. The number of hydrogen-bond acceptors (Lipinski definition) is 1. The normalized spacial score (nSPS) is 12.5. The summed E-state index contributed by atoms with van der Waals surface area (Å²) in [5.41, 5.74) is 7.55. The summed E-state index contributed by atoms with van der Waals surface area (Å²) in [4.78, 5) is 0. The second-order valence-electron chi connectivity index (χ2n) is 3.70. The summed E-state index contributed by atoms with van der Waals surface area (Å²) in [7, 11) is 0. The number of nitrogens with two attached hydrogens (primary N) is 1. The van der Waals surface area contributed by atoms with E-state index in [2.05, 4.69) is 15.9 Å². The number of hydrogen-bond donors (Lipinski definition) is 1. The summed E-state index contributed by atoms with van der Waals surface area (Å²) < 4.78 is 14.0. The molecule has 0 aliphatic heterocycles. The highest BCUT2D eigenvalue weighted by Gasteiger charge is 2.13. The molecule has 0 heterocycles. The van der Waals surface area contributed by atoms with Gasteiger partial charge in [-0.3, -0.25) is 0 Å². The van der Waals surface area contributed by atoms with E-state index in [0.29, 0.717) is 10.6 Å². The third-order valence-corrected chi connectivity index (χ3v) is 3.33. The highest BCUT2D eigenvalue weighted by Crippen LogP contribution is 2.29. The van der Waals surface area contributed by atoms with Crippen LogP contribution in [0.5, 0.6) is 0 Å². The largest absolute Gasteiger partial charge is 0.320 e. The Morgan fingerprint density at radius 1 is 1.18 bits per heavy atom. The summed E-state index contributed by atoms with van der Waals surface area (Å²) in [6.45, 7) is 0. The Labute approximate surface area is 113 Å². The molecule has 17 heavy (non-hydrogen) atoms. The summed E-state index contributed by atoms with van der Waals surface area (Å²) in [6.07, 6.45) is 0. The molecule has 4 heteroatoms. The quantitative estimate of drug-likeness (QED) is 0.879. The number of rotatable bonds is 2. The van der Waals surface area contributed by atoms with Crippen molar-refractivity contribution in [1.29, 1.82) is 0 Å². The van der Waals surface area contributed by atoms with Gasteiger partial charge < -0.3 is 5.73 Å². The molecule has 0 fully saturated rings. The molecular weight excluding hydrogens is 305 g/mol. The van der Waals surface area contributed by atoms with Crippen LogP contribution in [0.15, 0.2) is 46.9 Å². The molecule has 0 saturated carbocycles. The number of benzene rings is 2. The second kappa shape index (κ2) is 5.17.